The van der Waals surface area contributed by atoms with Crippen molar-refractivity contribution >= 4 is 6.09 Å². The fourth-order valence-electron chi connectivity index (χ4n) is 1.71. The Balaban J connectivity index is 1.97. The molecule has 126 valence electrons. The van der Waals surface area contributed by atoms with E-state index in [0.717, 1.165) is 18.7 Å². The topological polar surface area (TPSA) is 72.7 Å². The molecule has 1 amide bonds. The summed E-state index contributed by atoms with van der Waals surface area (Å²) in [6.45, 7) is 10.1. The van der Waals surface area contributed by atoms with Gasteiger partial charge >= 0.3 is 6.09 Å². The number of carbonyl (C=O) groups is 1. The minimum absolute atomic E-state index is 0.178. The van der Waals surface area contributed by atoms with Gasteiger partial charge in [0.15, 0.2) is 0 Å². The Labute approximate surface area is 132 Å². The molecule has 1 aromatic heterocycles. The lowest BCUT2D eigenvalue weighted by Crippen LogP contribution is -2.41. The molecule has 0 bridgehead atoms. The molecule has 2 N–H and O–H groups in total. The third kappa shape index (κ3) is 9.41. The summed E-state index contributed by atoms with van der Waals surface area (Å²) in [5.74, 6) is 0.836. The van der Waals surface area contributed by atoms with E-state index in [1.54, 1.807) is 6.26 Å². The van der Waals surface area contributed by atoms with Crippen LogP contribution in [-0.2, 0) is 16.1 Å². The van der Waals surface area contributed by atoms with E-state index in [9.17, 15) is 4.79 Å². The monoisotopic (exact) mass is 312 g/mol. The summed E-state index contributed by atoms with van der Waals surface area (Å²) >= 11 is 0. The molecule has 22 heavy (non-hydrogen) atoms. The molecule has 1 heterocycles. The van der Waals surface area contributed by atoms with Crippen molar-refractivity contribution in [2.24, 2.45) is 0 Å². The highest BCUT2D eigenvalue weighted by molar-refractivity contribution is 5.67. The number of carbonyl (C=O) groups excluding carboxylic acids is 1. The minimum atomic E-state index is -0.466. The van der Waals surface area contributed by atoms with Gasteiger partial charge in [0.2, 0.25) is 0 Å². The van der Waals surface area contributed by atoms with Crippen LogP contribution in [0.15, 0.2) is 22.8 Å². The number of rotatable bonds is 9. The van der Waals surface area contributed by atoms with Crippen molar-refractivity contribution < 1.29 is 18.7 Å². The fourth-order valence-corrected chi connectivity index (χ4v) is 1.71. The highest BCUT2D eigenvalue weighted by Gasteiger charge is 2.16. The molecule has 6 nitrogen and oxygen atoms in total. The maximum atomic E-state index is 11.5. The smallest absolute Gasteiger partial charge is 0.407 e. The molecule has 1 atom stereocenters. The number of amides is 1. The molecular formula is C16H28N2O4. The van der Waals surface area contributed by atoms with Crippen LogP contribution in [0.2, 0.25) is 0 Å². The number of furan rings is 1. The number of nitrogens with one attached hydrogen (secondary N) is 2. The van der Waals surface area contributed by atoms with Crippen molar-refractivity contribution in [2.75, 3.05) is 19.7 Å². The standard InChI is InChI=1S/C16H28N2O4/c1-13(11-18-15(19)22-16(2,3)4)17-8-6-9-20-12-14-7-5-10-21-14/h5,7,10,13,17H,6,8-9,11-12H2,1-4H3,(H,18,19). The highest BCUT2D eigenvalue weighted by Crippen LogP contribution is 2.06. The first-order valence-electron chi connectivity index (χ1n) is 7.67. The fraction of sp³-hybridized carbons (Fsp3) is 0.688. The Morgan fingerprint density at radius 1 is 1.41 bits per heavy atom. The SMILES string of the molecule is CC(CNC(=O)OC(C)(C)C)NCCCOCc1ccco1. The van der Waals surface area contributed by atoms with Crippen LogP contribution < -0.4 is 10.6 Å². The largest absolute Gasteiger partial charge is 0.467 e. The van der Waals surface area contributed by atoms with Crippen LogP contribution in [0, 0.1) is 0 Å². The lowest BCUT2D eigenvalue weighted by atomic mass is 10.2. The van der Waals surface area contributed by atoms with E-state index in [4.69, 9.17) is 13.9 Å². The Kier molecular flexibility index (Phi) is 7.98. The van der Waals surface area contributed by atoms with Crippen LogP contribution in [0.3, 0.4) is 0 Å². The molecular weight excluding hydrogens is 284 g/mol. The van der Waals surface area contributed by atoms with E-state index in [-0.39, 0.29) is 12.1 Å². The van der Waals surface area contributed by atoms with Crippen LogP contribution in [0.1, 0.15) is 39.9 Å². The molecule has 0 saturated heterocycles. The second kappa shape index (κ2) is 9.48. The molecule has 0 spiro atoms. The van der Waals surface area contributed by atoms with Gasteiger partial charge in [-0.3, -0.25) is 0 Å². The van der Waals surface area contributed by atoms with E-state index in [2.05, 4.69) is 10.6 Å². The van der Waals surface area contributed by atoms with E-state index in [0.29, 0.717) is 19.8 Å². The van der Waals surface area contributed by atoms with E-state index in [1.807, 2.05) is 39.8 Å². The Hall–Kier alpha value is -1.53. The summed E-state index contributed by atoms with van der Waals surface area (Å²) in [5, 5.41) is 6.06. The maximum absolute atomic E-state index is 11.5. The van der Waals surface area contributed by atoms with Crippen molar-refractivity contribution in [3.05, 3.63) is 24.2 Å². The molecule has 0 fully saturated rings. The molecule has 0 aliphatic rings. The molecule has 0 aliphatic heterocycles. The van der Waals surface area contributed by atoms with Gasteiger partial charge in [0, 0.05) is 19.2 Å². The zero-order valence-corrected chi connectivity index (χ0v) is 14.0. The average molecular weight is 312 g/mol. The van der Waals surface area contributed by atoms with Crippen molar-refractivity contribution in [1.82, 2.24) is 10.6 Å². The molecule has 0 saturated carbocycles. The molecule has 0 radical (unpaired) electrons. The summed E-state index contributed by atoms with van der Waals surface area (Å²) < 4.78 is 15.8. The highest BCUT2D eigenvalue weighted by atomic mass is 16.6. The lowest BCUT2D eigenvalue weighted by Gasteiger charge is -2.21. The second-order valence-corrected chi connectivity index (χ2v) is 6.22. The van der Waals surface area contributed by atoms with Crippen molar-refractivity contribution in [3.63, 3.8) is 0 Å². The third-order valence-electron chi connectivity index (χ3n) is 2.73. The third-order valence-corrected chi connectivity index (χ3v) is 2.73. The molecule has 1 rings (SSSR count). The van der Waals surface area contributed by atoms with Crippen LogP contribution >= 0.6 is 0 Å². The van der Waals surface area contributed by atoms with E-state index < -0.39 is 5.60 Å². The van der Waals surface area contributed by atoms with Crippen molar-refractivity contribution in [3.8, 4) is 0 Å². The average Bonchev–Trinajstić information content (AvgIpc) is 2.91. The van der Waals surface area contributed by atoms with Crippen LogP contribution in [0.25, 0.3) is 0 Å². The normalized spacial score (nSPS) is 12.9. The first-order chi connectivity index (χ1) is 10.4. The lowest BCUT2D eigenvalue weighted by molar-refractivity contribution is 0.0523. The summed E-state index contributed by atoms with van der Waals surface area (Å²) in [6, 6.07) is 3.92. The van der Waals surface area contributed by atoms with E-state index in [1.165, 1.54) is 0 Å². The zero-order valence-electron chi connectivity index (χ0n) is 14.0. The Morgan fingerprint density at radius 2 is 2.18 bits per heavy atom. The number of hydrogen-bond acceptors (Lipinski definition) is 5. The van der Waals surface area contributed by atoms with Gasteiger partial charge in [-0.15, -0.1) is 0 Å². The van der Waals surface area contributed by atoms with Gasteiger partial charge in [0.1, 0.15) is 18.0 Å². The van der Waals surface area contributed by atoms with Crippen LogP contribution in [0.4, 0.5) is 4.79 Å². The first kappa shape index (κ1) is 18.5. The van der Waals surface area contributed by atoms with Gasteiger partial charge in [0.25, 0.3) is 0 Å². The Morgan fingerprint density at radius 3 is 2.82 bits per heavy atom. The van der Waals surface area contributed by atoms with Gasteiger partial charge in [-0.1, -0.05) is 0 Å². The number of alkyl carbamates (subject to hydrolysis) is 1. The summed E-state index contributed by atoms with van der Waals surface area (Å²) in [5.41, 5.74) is -0.466. The summed E-state index contributed by atoms with van der Waals surface area (Å²) in [7, 11) is 0. The maximum Gasteiger partial charge on any atom is 0.407 e. The Bertz CT molecular complexity index is 412. The molecule has 0 aromatic carbocycles. The molecule has 1 aromatic rings. The predicted molar refractivity (Wildman–Crippen MR) is 84.7 cm³/mol. The van der Waals surface area contributed by atoms with Gasteiger partial charge in [0.05, 0.1) is 6.26 Å². The number of hydrogen-bond donors (Lipinski definition) is 2. The quantitative estimate of drug-likeness (QED) is 0.686. The van der Waals surface area contributed by atoms with Gasteiger partial charge < -0.3 is 24.5 Å². The molecule has 1 unspecified atom stereocenters. The van der Waals surface area contributed by atoms with Crippen molar-refractivity contribution in [1.29, 1.82) is 0 Å². The first-order valence-corrected chi connectivity index (χ1v) is 7.67. The zero-order chi connectivity index (χ0) is 16.4. The predicted octanol–water partition coefficient (Wildman–Crippen LogP) is 2.69. The van der Waals surface area contributed by atoms with Crippen LogP contribution in [-0.4, -0.2) is 37.4 Å². The van der Waals surface area contributed by atoms with E-state index >= 15 is 0 Å². The van der Waals surface area contributed by atoms with Gasteiger partial charge in [-0.2, -0.15) is 0 Å². The van der Waals surface area contributed by atoms with Crippen molar-refractivity contribution in [2.45, 2.75) is 52.4 Å². The summed E-state index contributed by atoms with van der Waals surface area (Å²) in [4.78, 5) is 11.5. The molecule has 0 aliphatic carbocycles. The van der Waals surface area contributed by atoms with Gasteiger partial charge in [-0.05, 0) is 52.8 Å². The minimum Gasteiger partial charge on any atom is -0.467 e. The van der Waals surface area contributed by atoms with Crippen LogP contribution in [0.5, 0.6) is 0 Å². The second-order valence-electron chi connectivity index (χ2n) is 6.22. The molecule has 6 heteroatoms. The van der Waals surface area contributed by atoms with Gasteiger partial charge in [-0.25, -0.2) is 4.79 Å². The number of ether oxygens (including phenoxy) is 2. The summed E-state index contributed by atoms with van der Waals surface area (Å²) in [6.07, 6.45) is 2.15.